The second-order valence-corrected chi connectivity index (χ2v) is 10.4. The normalized spacial score (nSPS) is 15.3. The van der Waals surface area contributed by atoms with Crippen molar-refractivity contribution in [2.75, 3.05) is 34.0 Å². The smallest absolute Gasteiger partial charge is 0.338 e. The summed E-state index contributed by atoms with van der Waals surface area (Å²) in [5.41, 5.74) is 3.38. The maximum atomic E-state index is 13.9. The lowest BCUT2D eigenvalue weighted by Crippen LogP contribution is -2.40. The highest BCUT2D eigenvalue weighted by Crippen LogP contribution is 2.32. The summed E-state index contributed by atoms with van der Waals surface area (Å²) in [6, 6.07) is 12.9. The zero-order valence-corrected chi connectivity index (χ0v) is 24.0. The van der Waals surface area contributed by atoms with Crippen molar-refractivity contribution in [1.82, 2.24) is 4.57 Å². The zero-order chi connectivity index (χ0) is 28.1. The molecule has 39 heavy (non-hydrogen) atoms. The molecular formula is C30H34N2O6S. The van der Waals surface area contributed by atoms with Crippen LogP contribution in [0, 0.1) is 0 Å². The van der Waals surface area contributed by atoms with Gasteiger partial charge in [-0.2, -0.15) is 0 Å². The molecule has 1 aliphatic rings. The molecule has 3 aromatic rings. The van der Waals surface area contributed by atoms with Crippen molar-refractivity contribution in [1.29, 1.82) is 0 Å². The fourth-order valence-corrected chi connectivity index (χ4v) is 5.50. The van der Waals surface area contributed by atoms with E-state index in [0.717, 1.165) is 11.1 Å². The average molecular weight is 551 g/mol. The summed E-state index contributed by atoms with van der Waals surface area (Å²) in [4.78, 5) is 32.3. The quantitative estimate of drug-likeness (QED) is 0.281. The number of fused-ring (bicyclic) bond motifs is 1. The van der Waals surface area contributed by atoms with Gasteiger partial charge in [-0.1, -0.05) is 55.5 Å². The van der Waals surface area contributed by atoms with Gasteiger partial charge in [0.1, 0.15) is 6.61 Å². The van der Waals surface area contributed by atoms with Gasteiger partial charge in [0.15, 0.2) is 16.3 Å². The number of benzene rings is 2. The van der Waals surface area contributed by atoms with Crippen LogP contribution in [0.3, 0.4) is 0 Å². The first-order valence-electron chi connectivity index (χ1n) is 12.9. The lowest BCUT2D eigenvalue weighted by molar-refractivity contribution is -0.140. The molecule has 0 aliphatic carbocycles. The number of carbonyl (C=O) groups excluding carboxylic acids is 1. The summed E-state index contributed by atoms with van der Waals surface area (Å²) < 4.78 is 23.7. The van der Waals surface area contributed by atoms with Crippen LogP contribution in [0.5, 0.6) is 11.5 Å². The summed E-state index contributed by atoms with van der Waals surface area (Å²) in [5, 5.41) is 0. The minimum Gasteiger partial charge on any atom is -0.493 e. The Labute approximate surface area is 231 Å². The van der Waals surface area contributed by atoms with E-state index in [-0.39, 0.29) is 18.8 Å². The summed E-state index contributed by atoms with van der Waals surface area (Å²) in [6.45, 7) is 8.82. The number of methoxy groups -OCH3 is 2. The lowest BCUT2D eigenvalue weighted by Gasteiger charge is -2.25. The molecule has 1 aliphatic heterocycles. The van der Waals surface area contributed by atoms with E-state index in [1.165, 1.54) is 16.9 Å². The minimum atomic E-state index is -0.672. The van der Waals surface area contributed by atoms with Crippen LogP contribution in [-0.4, -0.2) is 44.6 Å². The number of hydrogen-bond acceptors (Lipinski definition) is 8. The molecule has 4 rings (SSSR count). The summed E-state index contributed by atoms with van der Waals surface area (Å²) in [6.07, 6.45) is 1.80. The van der Waals surface area contributed by atoms with Gasteiger partial charge in [-0.3, -0.25) is 9.36 Å². The van der Waals surface area contributed by atoms with E-state index < -0.39 is 12.0 Å². The van der Waals surface area contributed by atoms with E-state index in [0.29, 0.717) is 44.6 Å². The Balaban J connectivity index is 1.85. The van der Waals surface area contributed by atoms with Crippen molar-refractivity contribution >= 4 is 23.4 Å². The van der Waals surface area contributed by atoms with Crippen molar-refractivity contribution in [2.24, 2.45) is 4.99 Å². The van der Waals surface area contributed by atoms with E-state index in [2.05, 4.69) is 18.8 Å². The fourth-order valence-electron chi connectivity index (χ4n) is 4.46. The van der Waals surface area contributed by atoms with E-state index in [1.54, 1.807) is 31.8 Å². The molecule has 1 unspecified atom stereocenters. The molecule has 0 radical (unpaired) electrons. The van der Waals surface area contributed by atoms with Crippen LogP contribution >= 0.6 is 11.3 Å². The van der Waals surface area contributed by atoms with Crippen molar-refractivity contribution < 1.29 is 23.7 Å². The molecule has 1 aromatic heterocycles. The van der Waals surface area contributed by atoms with Crippen molar-refractivity contribution in [3.05, 3.63) is 90.1 Å². The molecule has 0 bridgehead atoms. The maximum Gasteiger partial charge on any atom is 0.338 e. The molecule has 8 nitrogen and oxygen atoms in total. The van der Waals surface area contributed by atoms with Crippen molar-refractivity contribution in [3.8, 4) is 11.5 Å². The van der Waals surface area contributed by atoms with Crippen LogP contribution in [0.4, 0.5) is 0 Å². The summed E-state index contributed by atoms with van der Waals surface area (Å²) in [5.74, 6) is 1.05. The largest absolute Gasteiger partial charge is 0.493 e. The van der Waals surface area contributed by atoms with Crippen LogP contribution in [0.2, 0.25) is 0 Å². The van der Waals surface area contributed by atoms with Crippen molar-refractivity contribution in [2.45, 2.75) is 39.7 Å². The average Bonchev–Trinajstić information content (AvgIpc) is 3.22. The second kappa shape index (κ2) is 12.4. The van der Waals surface area contributed by atoms with E-state index in [1.807, 2.05) is 49.4 Å². The van der Waals surface area contributed by atoms with Gasteiger partial charge in [0.05, 0.1) is 42.2 Å². The molecular weight excluding hydrogens is 516 g/mol. The first-order chi connectivity index (χ1) is 18.8. The predicted octanol–water partition coefficient (Wildman–Crippen LogP) is 3.96. The van der Waals surface area contributed by atoms with Crippen LogP contribution in [-0.2, 0) is 14.3 Å². The van der Waals surface area contributed by atoms with Gasteiger partial charge in [0.25, 0.3) is 5.56 Å². The summed E-state index contributed by atoms with van der Waals surface area (Å²) >= 11 is 1.28. The number of esters is 1. The third-order valence-electron chi connectivity index (χ3n) is 6.47. The standard InChI is InChI=1S/C30H34N2O6S/c1-7-37-23-13-8-20(16-24(23)36-6)17-25-28(33)32-27(22-11-9-21(10-12-22)18(2)3)26(19(4)31-30(32)39-25)29(34)38-15-14-35-5/h8-13,16-18,27H,7,14-15H2,1-6H3. The minimum absolute atomic E-state index is 0.106. The topological polar surface area (TPSA) is 88.4 Å². The Hall–Kier alpha value is -3.69. The Kier molecular flexibility index (Phi) is 9.04. The van der Waals surface area contributed by atoms with Crippen LogP contribution in [0.15, 0.2) is 63.5 Å². The van der Waals surface area contributed by atoms with Gasteiger partial charge >= 0.3 is 5.97 Å². The van der Waals surface area contributed by atoms with Gasteiger partial charge < -0.3 is 18.9 Å². The highest BCUT2D eigenvalue weighted by atomic mass is 32.1. The number of hydrogen-bond donors (Lipinski definition) is 0. The Bertz CT molecular complexity index is 1550. The first-order valence-corrected chi connectivity index (χ1v) is 13.7. The van der Waals surface area contributed by atoms with Gasteiger partial charge in [-0.05, 0) is 54.7 Å². The SMILES string of the molecule is CCOc1ccc(C=c2sc3n(c2=O)C(c2ccc(C(C)C)cc2)C(C(=O)OCCOC)=C(C)N=3)cc1OC. The molecule has 0 saturated carbocycles. The Morgan fingerprint density at radius 1 is 1.10 bits per heavy atom. The first kappa shape index (κ1) is 28.3. The van der Waals surface area contributed by atoms with Gasteiger partial charge in [0, 0.05) is 7.11 Å². The van der Waals surface area contributed by atoms with Crippen molar-refractivity contribution in [3.63, 3.8) is 0 Å². The molecule has 2 heterocycles. The molecule has 9 heteroatoms. The number of allylic oxidation sites excluding steroid dienone is 1. The number of ether oxygens (including phenoxy) is 4. The molecule has 0 amide bonds. The molecule has 0 N–H and O–H groups in total. The van der Waals surface area contributed by atoms with Crippen LogP contribution in [0.25, 0.3) is 6.08 Å². The highest BCUT2D eigenvalue weighted by Gasteiger charge is 2.33. The zero-order valence-electron chi connectivity index (χ0n) is 23.1. The lowest BCUT2D eigenvalue weighted by atomic mass is 9.93. The molecule has 0 spiro atoms. The Morgan fingerprint density at radius 3 is 2.49 bits per heavy atom. The van der Waals surface area contributed by atoms with Gasteiger partial charge in [-0.25, -0.2) is 9.79 Å². The molecule has 206 valence electrons. The van der Waals surface area contributed by atoms with Crippen LogP contribution < -0.4 is 24.4 Å². The maximum absolute atomic E-state index is 13.9. The number of carbonyl (C=O) groups is 1. The summed E-state index contributed by atoms with van der Waals surface area (Å²) in [7, 11) is 3.12. The number of aromatic nitrogens is 1. The predicted molar refractivity (Wildman–Crippen MR) is 151 cm³/mol. The van der Waals surface area contributed by atoms with E-state index >= 15 is 0 Å². The van der Waals surface area contributed by atoms with E-state index in [9.17, 15) is 9.59 Å². The van der Waals surface area contributed by atoms with Gasteiger partial charge in [0.2, 0.25) is 0 Å². The highest BCUT2D eigenvalue weighted by molar-refractivity contribution is 7.07. The Morgan fingerprint density at radius 2 is 1.85 bits per heavy atom. The van der Waals surface area contributed by atoms with Crippen LogP contribution in [0.1, 0.15) is 56.3 Å². The number of nitrogens with zero attached hydrogens (tertiary/aromatic N) is 2. The number of rotatable bonds is 10. The third kappa shape index (κ3) is 5.99. The molecule has 0 fully saturated rings. The second-order valence-electron chi connectivity index (χ2n) is 9.38. The fraction of sp³-hybridized carbons (Fsp3) is 0.367. The van der Waals surface area contributed by atoms with Gasteiger partial charge in [-0.15, -0.1) is 0 Å². The molecule has 1 atom stereocenters. The molecule has 2 aromatic carbocycles. The third-order valence-corrected chi connectivity index (χ3v) is 7.45. The van der Waals surface area contributed by atoms with E-state index in [4.69, 9.17) is 18.9 Å². The number of thiazole rings is 1. The monoisotopic (exact) mass is 550 g/mol. The molecule has 0 saturated heterocycles.